The van der Waals surface area contributed by atoms with Crippen LogP contribution in [0.15, 0.2) is 84.5 Å². The molecule has 0 aliphatic heterocycles. The summed E-state index contributed by atoms with van der Waals surface area (Å²) in [7, 11) is 1.36. The number of carboxylic acids is 1. The summed E-state index contributed by atoms with van der Waals surface area (Å²) in [6.45, 7) is 16.4. The van der Waals surface area contributed by atoms with Gasteiger partial charge in [0.25, 0.3) is 0 Å². The Morgan fingerprint density at radius 3 is 1.93 bits per heavy atom. The Kier molecular flexibility index (Phi) is 25.3. The Labute approximate surface area is 256 Å². The Morgan fingerprint density at radius 1 is 0.814 bits per heavy atom. The summed E-state index contributed by atoms with van der Waals surface area (Å²) in [6.07, 6.45) is 11.1. The van der Waals surface area contributed by atoms with Gasteiger partial charge in [-0.05, 0) is 38.2 Å². The Balaban J connectivity index is 0. The standard InChI is InChI=1S/C13H14O2.C11H20O2.C10H14O5/c1-11(13(14)15-2)7-6-10-12-8-4-3-5-9-12;1-4-6-7-8-9-13-11(12)10(3)5-2;1-7(9(12)13)3-4-8(2)10(14)15-6-5-11/h3-6,8-10H,1,7H2,2H3;3-9H2,1-2H3;3,11H,2,4-6H2,1H3,(H,12,13). The Hall–Kier alpha value is -4.24. The molecule has 0 aliphatic carbocycles. The fourth-order valence-corrected chi connectivity index (χ4v) is 2.76. The summed E-state index contributed by atoms with van der Waals surface area (Å²) in [4.78, 5) is 43.6. The summed E-state index contributed by atoms with van der Waals surface area (Å²) in [6, 6.07) is 9.89. The normalized spacial score (nSPS) is 10.3. The third kappa shape index (κ3) is 23.1. The van der Waals surface area contributed by atoms with Gasteiger partial charge < -0.3 is 24.4 Å². The van der Waals surface area contributed by atoms with Crippen molar-refractivity contribution in [2.45, 2.75) is 65.7 Å². The van der Waals surface area contributed by atoms with Crippen molar-refractivity contribution in [2.75, 3.05) is 26.9 Å². The summed E-state index contributed by atoms with van der Waals surface area (Å²) in [5, 5.41) is 16.9. The van der Waals surface area contributed by atoms with Gasteiger partial charge in [0.15, 0.2) is 0 Å². The lowest BCUT2D eigenvalue weighted by molar-refractivity contribution is -0.140. The molecule has 9 nitrogen and oxygen atoms in total. The van der Waals surface area contributed by atoms with Crippen molar-refractivity contribution in [2.24, 2.45) is 0 Å². The highest BCUT2D eigenvalue weighted by atomic mass is 16.5. The predicted octanol–water partition coefficient (Wildman–Crippen LogP) is 6.39. The van der Waals surface area contributed by atoms with E-state index in [9.17, 15) is 19.2 Å². The maximum atomic E-state index is 11.1. The van der Waals surface area contributed by atoms with E-state index in [4.69, 9.17) is 14.9 Å². The SMILES string of the molecule is C=C(CC)C(=O)OCCCCCC.C=C(CC=C(C)C(=O)O)C(=O)OCCO.C=C(CC=Cc1ccccc1)C(=O)OC. The molecule has 0 atom stereocenters. The topological polar surface area (TPSA) is 136 Å². The van der Waals surface area contributed by atoms with Crippen molar-refractivity contribution in [1.29, 1.82) is 0 Å². The number of hydrogen-bond acceptors (Lipinski definition) is 8. The van der Waals surface area contributed by atoms with Gasteiger partial charge in [-0.15, -0.1) is 0 Å². The highest BCUT2D eigenvalue weighted by Crippen LogP contribution is 2.07. The number of esters is 3. The van der Waals surface area contributed by atoms with E-state index >= 15 is 0 Å². The summed E-state index contributed by atoms with van der Waals surface area (Å²) >= 11 is 0. The van der Waals surface area contributed by atoms with Gasteiger partial charge in [-0.1, -0.05) is 101 Å². The molecule has 0 fully saturated rings. The van der Waals surface area contributed by atoms with E-state index in [1.165, 1.54) is 33.0 Å². The second-order valence-electron chi connectivity index (χ2n) is 9.13. The minimum Gasteiger partial charge on any atom is -0.478 e. The fourth-order valence-electron chi connectivity index (χ4n) is 2.76. The minimum absolute atomic E-state index is 0.0838. The maximum absolute atomic E-state index is 11.1. The average molecular weight is 601 g/mol. The largest absolute Gasteiger partial charge is 0.478 e. The second-order valence-corrected chi connectivity index (χ2v) is 9.13. The van der Waals surface area contributed by atoms with E-state index in [-0.39, 0.29) is 42.7 Å². The van der Waals surface area contributed by atoms with E-state index in [2.05, 4.69) is 36.1 Å². The van der Waals surface area contributed by atoms with Crippen LogP contribution in [-0.2, 0) is 33.4 Å². The van der Waals surface area contributed by atoms with Crippen LogP contribution in [0, 0.1) is 0 Å². The first kappa shape index (κ1) is 40.9. The van der Waals surface area contributed by atoms with Crippen molar-refractivity contribution >= 4 is 30.0 Å². The number of methoxy groups -OCH3 is 1. The molecule has 1 aromatic rings. The lowest BCUT2D eigenvalue weighted by atomic mass is 10.1. The number of aliphatic carboxylic acids is 1. The van der Waals surface area contributed by atoms with Gasteiger partial charge in [-0.25, -0.2) is 19.2 Å². The minimum atomic E-state index is -1.04. The second kappa shape index (κ2) is 26.6. The molecule has 0 aliphatic rings. The quantitative estimate of drug-likeness (QED) is 0.0901. The molecule has 9 heteroatoms. The highest BCUT2D eigenvalue weighted by Gasteiger charge is 2.08. The predicted molar refractivity (Wildman–Crippen MR) is 169 cm³/mol. The molecule has 238 valence electrons. The summed E-state index contributed by atoms with van der Waals surface area (Å²) in [5.41, 5.74) is 2.44. The van der Waals surface area contributed by atoms with E-state index in [0.717, 1.165) is 18.4 Å². The number of ether oxygens (including phenoxy) is 3. The van der Waals surface area contributed by atoms with E-state index in [1.54, 1.807) is 0 Å². The average Bonchev–Trinajstić information content (AvgIpc) is 3.02. The molecule has 2 N–H and O–H groups in total. The van der Waals surface area contributed by atoms with Crippen molar-refractivity contribution in [3.05, 3.63) is 90.1 Å². The first-order valence-corrected chi connectivity index (χ1v) is 14.1. The van der Waals surface area contributed by atoms with Crippen LogP contribution >= 0.6 is 0 Å². The van der Waals surface area contributed by atoms with Crippen LogP contribution in [0.1, 0.15) is 71.3 Å². The molecular formula is C34H48O9. The number of carbonyl (C=O) groups excluding carboxylic acids is 3. The number of aliphatic hydroxyl groups excluding tert-OH is 1. The number of unbranched alkanes of at least 4 members (excludes halogenated alkanes) is 3. The monoisotopic (exact) mass is 600 g/mol. The van der Waals surface area contributed by atoms with Gasteiger partial charge in [-0.2, -0.15) is 0 Å². The molecule has 1 aromatic carbocycles. The number of rotatable bonds is 17. The number of hydrogen-bond donors (Lipinski definition) is 2. The molecule has 0 bridgehead atoms. The summed E-state index contributed by atoms with van der Waals surface area (Å²) < 4.78 is 14.1. The molecule has 0 radical (unpaired) electrons. The lowest BCUT2D eigenvalue weighted by Gasteiger charge is -2.04. The molecule has 0 amide bonds. The first-order valence-electron chi connectivity index (χ1n) is 14.1. The van der Waals surface area contributed by atoms with Crippen molar-refractivity contribution in [1.82, 2.24) is 0 Å². The van der Waals surface area contributed by atoms with Gasteiger partial charge in [-0.3, -0.25) is 0 Å². The Morgan fingerprint density at radius 2 is 1.40 bits per heavy atom. The third-order valence-corrected chi connectivity index (χ3v) is 5.50. The van der Waals surface area contributed by atoms with Crippen LogP contribution in [0.5, 0.6) is 0 Å². The maximum Gasteiger partial charge on any atom is 0.333 e. The van der Waals surface area contributed by atoms with Crippen molar-refractivity contribution in [3.63, 3.8) is 0 Å². The van der Waals surface area contributed by atoms with Crippen LogP contribution in [0.3, 0.4) is 0 Å². The molecule has 0 spiro atoms. The first-order chi connectivity index (χ1) is 20.4. The number of carboxylic acid groups (broad SMARTS) is 1. The van der Waals surface area contributed by atoms with Crippen LogP contribution in [0.4, 0.5) is 0 Å². The lowest BCUT2D eigenvalue weighted by Crippen LogP contribution is -2.10. The molecule has 0 heterocycles. The molecule has 0 saturated heterocycles. The van der Waals surface area contributed by atoms with E-state index < -0.39 is 11.9 Å². The number of benzene rings is 1. The fraction of sp³-hybridized carbons (Fsp3) is 0.412. The van der Waals surface area contributed by atoms with Gasteiger partial charge >= 0.3 is 23.9 Å². The van der Waals surface area contributed by atoms with Crippen LogP contribution in [-0.4, -0.2) is 61.0 Å². The van der Waals surface area contributed by atoms with Gasteiger partial charge in [0.1, 0.15) is 6.61 Å². The molecule has 0 unspecified atom stereocenters. The molecule has 0 aromatic heterocycles. The van der Waals surface area contributed by atoms with Crippen molar-refractivity contribution < 1.29 is 43.6 Å². The number of carbonyl (C=O) groups is 4. The van der Waals surface area contributed by atoms with Crippen LogP contribution in [0.25, 0.3) is 6.08 Å². The zero-order chi connectivity index (χ0) is 33.0. The Bertz CT molecular complexity index is 1080. The third-order valence-electron chi connectivity index (χ3n) is 5.50. The smallest absolute Gasteiger partial charge is 0.333 e. The zero-order valence-electron chi connectivity index (χ0n) is 26.1. The van der Waals surface area contributed by atoms with E-state index in [1.807, 2.05) is 49.4 Å². The number of aliphatic hydroxyl groups is 1. The van der Waals surface area contributed by atoms with Gasteiger partial charge in [0.2, 0.25) is 0 Å². The molecule has 43 heavy (non-hydrogen) atoms. The summed E-state index contributed by atoms with van der Waals surface area (Å²) in [5.74, 6) is -2.25. The van der Waals surface area contributed by atoms with Crippen molar-refractivity contribution in [3.8, 4) is 0 Å². The molecule has 0 saturated carbocycles. The molecule has 1 rings (SSSR count). The molecular weight excluding hydrogens is 552 g/mol. The van der Waals surface area contributed by atoms with Gasteiger partial charge in [0.05, 0.1) is 20.3 Å². The van der Waals surface area contributed by atoms with Crippen LogP contribution in [0.2, 0.25) is 0 Å². The van der Waals surface area contributed by atoms with Crippen LogP contribution < -0.4 is 0 Å². The van der Waals surface area contributed by atoms with E-state index in [0.29, 0.717) is 30.6 Å². The van der Waals surface area contributed by atoms with Gasteiger partial charge in [0, 0.05) is 22.3 Å². The highest BCUT2D eigenvalue weighted by molar-refractivity contribution is 5.89. The zero-order valence-corrected chi connectivity index (χ0v) is 26.1. The number of allylic oxidation sites excluding steroid dienone is 2.